The molecule has 25 heavy (non-hydrogen) atoms. The third-order valence-corrected chi connectivity index (χ3v) is 5.09. The predicted molar refractivity (Wildman–Crippen MR) is 96.8 cm³/mol. The number of anilines is 2. The summed E-state index contributed by atoms with van der Waals surface area (Å²) in [6.07, 6.45) is 3.69. The van der Waals surface area contributed by atoms with E-state index >= 15 is 0 Å². The lowest BCUT2D eigenvalue weighted by atomic mass is 10.1. The van der Waals surface area contributed by atoms with Crippen molar-refractivity contribution in [1.82, 2.24) is 9.55 Å². The van der Waals surface area contributed by atoms with E-state index in [1.807, 2.05) is 20.8 Å². The van der Waals surface area contributed by atoms with Crippen molar-refractivity contribution in [3.05, 3.63) is 28.0 Å². The number of aromatic carboxylic acids is 1. The lowest BCUT2D eigenvalue weighted by Gasteiger charge is -2.34. The first-order valence-electron chi connectivity index (χ1n) is 8.62. The number of nitrogens with zero attached hydrogens (tertiary/aromatic N) is 3. The maximum atomic E-state index is 12.7. The lowest BCUT2D eigenvalue weighted by molar-refractivity contribution is 0.0694. The monoisotopic (exact) mass is 342 g/mol. The minimum Gasteiger partial charge on any atom is -0.477 e. The van der Waals surface area contributed by atoms with Crippen LogP contribution in [0.4, 0.5) is 11.5 Å². The second-order valence-corrected chi connectivity index (χ2v) is 7.82. The summed E-state index contributed by atoms with van der Waals surface area (Å²) in [7, 11) is 0. The molecule has 1 atom stereocenters. The number of aromatic nitrogens is 2. The van der Waals surface area contributed by atoms with E-state index in [0.717, 1.165) is 37.4 Å². The van der Waals surface area contributed by atoms with E-state index in [1.165, 1.54) is 6.20 Å². The van der Waals surface area contributed by atoms with Gasteiger partial charge in [0.05, 0.1) is 11.1 Å². The zero-order chi connectivity index (χ0) is 17.9. The number of carboxylic acids is 1. The Morgan fingerprint density at radius 1 is 1.40 bits per heavy atom. The normalized spacial score (nSPS) is 19.5. The molecule has 0 amide bonds. The van der Waals surface area contributed by atoms with E-state index in [9.17, 15) is 14.7 Å². The topological polar surface area (TPSA) is 87.5 Å². The van der Waals surface area contributed by atoms with Crippen LogP contribution in [-0.4, -0.2) is 39.8 Å². The Kier molecular flexibility index (Phi) is 3.32. The second-order valence-electron chi connectivity index (χ2n) is 7.82. The molecule has 2 aliphatic heterocycles. The highest BCUT2D eigenvalue weighted by Crippen LogP contribution is 2.36. The molecule has 132 valence electrons. The van der Waals surface area contributed by atoms with Crippen LogP contribution in [0.1, 0.15) is 44.0 Å². The Morgan fingerprint density at radius 3 is 2.84 bits per heavy atom. The third-order valence-electron chi connectivity index (χ3n) is 5.09. The molecule has 0 aromatic carbocycles. The molecular formula is C18H22N4O3. The number of hydrogen-bond acceptors (Lipinski definition) is 5. The standard InChI is InChI=1S/C18H22N4O3/c1-18(2,3)22-9-12(17(24)25)14(23)11-7-13-16(20-15(11)22)21-6-4-5-10(21)8-19-13/h7,9-10,19H,4-6,8H2,1-3H3,(H,24,25)/t10-/m0/s1. The third kappa shape index (κ3) is 2.37. The molecule has 7 heteroatoms. The Balaban J connectivity index is 2.06. The summed E-state index contributed by atoms with van der Waals surface area (Å²) < 4.78 is 1.80. The highest BCUT2D eigenvalue weighted by atomic mass is 16.4. The van der Waals surface area contributed by atoms with Crippen LogP contribution in [0.15, 0.2) is 17.1 Å². The zero-order valence-electron chi connectivity index (χ0n) is 14.7. The van der Waals surface area contributed by atoms with Gasteiger partial charge in [-0.15, -0.1) is 0 Å². The number of carboxylic acid groups (broad SMARTS) is 1. The lowest BCUT2D eigenvalue weighted by Crippen LogP contribution is -2.40. The van der Waals surface area contributed by atoms with Crippen LogP contribution in [0.5, 0.6) is 0 Å². The van der Waals surface area contributed by atoms with Gasteiger partial charge in [0.2, 0.25) is 5.43 Å². The summed E-state index contributed by atoms with van der Waals surface area (Å²) in [5.74, 6) is -0.350. The summed E-state index contributed by atoms with van der Waals surface area (Å²) in [4.78, 5) is 31.3. The smallest absolute Gasteiger partial charge is 0.341 e. The van der Waals surface area contributed by atoms with Gasteiger partial charge in [-0.2, -0.15) is 0 Å². The SMILES string of the molecule is CC(C)(C)n1cc(C(=O)O)c(=O)c2cc3c(nc21)N1CCC[C@H]1CN3. The van der Waals surface area contributed by atoms with Crippen LogP contribution in [0.3, 0.4) is 0 Å². The summed E-state index contributed by atoms with van der Waals surface area (Å²) in [5.41, 5.74) is 0.244. The van der Waals surface area contributed by atoms with Crippen LogP contribution in [-0.2, 0) is 5.54 Å². The van der Waals surface area contributed by atoms with Crippen molar-refractivity contribution >= 4 is 28.5 Å². The molecule has 4 rings (SSSR count). The van der Waals surface area contributed by atoms with Gasteiger partial charge in [0.15, 0.2) is 5.82 Å². The highest BCUT2D eigenvalue weighted by molar-refractivity contribution is 5.94. The number of carbonyl (C=O) groups is 1. The van der Waals surface area contributed by atoms with Gasteiger partial charge in [0.1, 0.15) is 11.2 Å². The summed E-state index contributed by atoms with van der Waals surface area (Å²) in [5, 5.41) is 13.1. The number of fused-ring (bicyclic) bond motifs is 4. The number of rotatable bonds is 1. The van der Waals surface area contributed by atoms with Crippen molar-refractivity contribution in [1.29, 1.82) is 0 Å². The number of pyridine rings is 2. The first-order valence-corrected chi connectivity index (χ1v) is 8.62. The fourth-order valence-corrected chi connectivity index (χ4v) is 3.81. The minimum absolute atomic E-state index is 0.223. The first kappa shape index (κ1) is 15.9. The van der Waals surface area contributed by atoms with Gasteiger partial charge in [-0.3, -0.25) is 4.79 Å². The summed E-state index contributed by atoms with van der Waals surface area (Å²) in [6.45, 7) is 7.71. The predicted octanol–water partition coefficient (Wildman–Crippen LogP) is 2.24. The molecule has 4 heterocycles. The molecule has 0 saturated carbocycles. The molecule has 2 N–H and O–H groups in total. The average Bonchev–Trinajstić information content (AvgIpc) is 3.01. The van der Waals surface area contributed by atoms with Gasteiger partial charge in [-0.1, -0.05) is 0 Å². The molecule has 0 spiro atoms. The van der Waals surface area contributed by atoms with Crippen molar-refractivity contribution in [2.45, 2.75) is 45.2 Å². The van der Waals surface area contributed by atoms with E-state index in [0.29, 0.717) is 17.1 Å². The number of nitrogens with one attached hydrogen (secondary N) is 1. The van der Waals surface area contributed by atoms with E-state index in [4.69, 9.17) is 4.98 Å². The molecule has 2 aromatic rings. The van der Waals surface area contributed by atoms with Crippen LogP contribution < -0.4 is 15.6 Å². The van der Waals surface area contributed by atoms with E-state index < -0.39 is 16.9 Å². The maximum absolute atomic E-state index is 12.7. The van der Waals surface area contributed by atoms with Crippen LogP contribution in [0.25, 0.3) is 11.0 Å². The largest absolute Gasteiger partial charge is 0.477 e. The summed E-state index contributed by atoms with van der Waals surface area (Å²) in [6, 6.07) is 2.20. The fraction of sp³-hybridized carbons (Fsp3) is 0.500. The van der Waals surface area contributed by atoms with Crippen molar-refractivity contribution in [3.8, 4) is 0 Å². The van der Waals surface area contributed by atoms with Crippen molar-refractivity contribution < 1.29 is 9.90 Å². The van der Waals surface area contributed by atoms with Gasteiger partial charge < -0.3 is 19.9 Å². The quantitative estimate of drug-likeness (QED) is 0.826. The van der Waals surface area contributed by atoms with Crippen LogP contribution in [0.2, 0.25) is 0 Å². The Bertz CT molecular complexity index is 942. The molecule has 2 aliphatic rings. The van der Waals surface area contributed by atoms with Gasteiger partial charge in [0.25, 0.3) is 0 Å². The van der Waals surface area contributed by atoms with E-state index in [1.54, 1.807) is 10.6 Å². The molecular weight excluding hydrogens is 320 g/mol. The van der Waals surface area contributed by atoms with Crippen molar-refractivity contribution in [3.63, 3.8) is 0 Å². The maximum Gasteiger partial charge on any atom is 0.341 e. The molecule has 0 radical (unpaired) electrons. The Morgan fingerprint density at radius 2 is 2.16 bits per heavy atom. The van der Waals surface area contributed by atoms with Gasteiger partial charge in [-0.25, -0.2) is 9.78 Å². The van der Waals surface area contributed by atoms with Crippen molar-refractivity contribution in [2.24, 2.45) is 0 Å². The van der Waals surface area contributed by atoms with Gasteiger partial charge in [-0.05, 0) is 39.7 Å². The minimum atomic E-state index is -1.21. The summed E-state index contributed by atoms with van der Waals surface area (Å²) >= 11 is 0. The molecule has 7 nitrogen and oxygen atoms in total. The Labute approximate surface area is 145 Å². The van der Waals surface area contributed by atoms with E-state index in [2.05, 4.69) is 10.2 Å². The first-order chi connectivity index (χ1) is 11.8. The van der Waals surface area contributed by atoms with Crippen LogP contribution >= 0.6 is 0 Å². The van der Waals surface area contributed by atoms with E-state index in [-0.39, 0.29) is 5.56 Å². The van der Waals surface area contributed by atoms with Gasteiger partial charge in [0, 0.05) is 30.9 Å². The van der Waals surface area contributed by atoms with Gasteiger partial charge >= 0.3 is 5.97 Å². The average molecular weight is 342 g/mol. The zero-order valence-corrected chi connectivity index (χ0v) is 14.7. The second kappa shape index (κ2) is 5.21. The molecule has 0 unspecified atom stereocenters. The van der Waals surface area contributed by atoms with Crippen LogP contribution in [0, 0.1) is 0 Å². The fourth-order valence-electron chi connectivity index (χ4n) is 3.81. The molecule has 0 bridgehead atoms. The molecule has 1 saturated heterocycles. The van der Waals surface area contributed by atoms with Crippen molar-refractivity contribution in [2.75, 3.05) is 23.3 Å². The Hall–Kier alpha value is -2.57. The highest BCUT2D eigenvalue weighted by Gasteiger charge is 2.32. The molecule has 2 aromatic heterocycles. The molecule has 0 aliphatic carbocycles. The number of hydrogen-bond donors (Lipinski definition) is 2. The molecule has 1 fully saturated rings.